The summed E-state index contributed by atoms with van der Waals surface area (Å²) in [6, 6.07) is 8.30. The molecule has 26 heavy (non-hydrogen) atoms. The molecule has 2 aromatic rings. The molecule has 138 valence electrons. The lowest BCUT2D eigenvalue weighted by Crippen LogP contribution is -2.33. The maximum Gasteiger partial charge on any atom is 0.308 e. The third kappa shape index (κ3) is 3.13. The van der Waals surface area contributed by atoms with E-state index in [-0.39, 0.29) is 17.3 Å². The third-order valence-corrected chi connectivity index (χ3v) is 5.61. The molecule has 3 rings (SSSR count). The van der Waals surface area contributed by atoms with Crippen LogP contribution in [-0.4, -0.2) is 22.5 Å². The first-order valence-electron chi connectivity index (χ1n) is 9.61. The molecule has 0 radical (unpaired) electrons. The molecule has 0 saturated heterocycles. The molecule has 0 N–H and O–H groups in total. The topological polar surface area (TPSA) is 52.1 Å². The van der Waals surface area contributed by atoms with Gasteiger partial charge in [0.25, 0.3) is 0 Å². The Bertz CT molecular complexity index is 742. The van der Waals surface area contributed by atoms with Crippen molar-refractivity contribution in [2.24, 2.45) is 11.8 Å². The van der Waals surface area contributed by atoms with E-state index in [1.165, 1.54) is 11.1 Å². The second-order valence-electron chi connectivity index (χ2n) is 7.46. The first-order chi connectivity index (χ1) is 12.5. The molecule has 1 aliphatic carbocycles. The Morgan fingerprint density at radius 2 is 1.62 bits per heavy atom. The second kappa shape index (κ2) is 7.56. The molecule has 0 saturated carbocycles. The summed E-state index contributed by atoms with van der Waals surface area (Å²) in [6.45, 7) is 8.74. The summed E-state index contributed by atoms with van der Waals surface area (Å²) in [6.07, 6.45) is 6.44. The molecule has 4 nitrogen and oxygen atoms in total. The van der Waals surface area contributed by atoms with Crippen molar-refractivity contribution >= 4 is 5.97 Å². The van der Waals surface area contributed by atoms with Crippen molar-refractivity contribution in [1.29, 1.82) is 0 Å². The molecular formula is C22H28N2O2. The Kier molecular flexibility index (Phi) is 5.40. The van der Waals surface area contributed by atoms with Crippen molar-refractivity contribution < 1.29 is 9.53 Å². The highest BCUT2D eigenvalue weighted by molar-refractivity contribution is 5.77. The van der Waals surface area contributed by atoms with E-state index in [9.17, 15) is 4.79 Å². The number of ether oxygens (including phenoxy) is 1. The molecule has 0 aliphatic heterocycles. The van der Waals surface area contributed by atoms with Crippen LogP contribution in [0, 0.1) is 11.8 Å². The van der Waals surface area contributed by atoms with Gasteiger partial charge in [0.1, 0.15) is 0 Å². The second-order valence-corrected chi connectivity index (χ2v) is 7.46. The number of fused-ring (bicyclic) bond motifs is 3. The van der Waals surface area contributed by atoms with Crippen LogP contribution in [-0.2, 0) is 14.9 Å². The van der Waals surface area contributed by atoms with Gasteiger partial charge in [0.05, 0.1) is 23.9 Å². The first-order valence-corrected chi connectivity index (χ1v) is 9.61. The zero-order valence-electron chi connectivity index (χ0n) is 16.2. The standard InChI is InChI=1S/C22H28N2O2/c1-5-15(3)13-22(14-16(4)21(25)26-6-2)17-9-7-11-23-19(17)20-18(22)10-8-12-24-20/h7-12,15-16H,5-6,13-14H2,1-4H3/t15-,16+/m1/s1. The van der Waals surface area contributed by atoms with E-state index in [1.807, 2.05) is 38.4 Å². The quantitative estimate of drug-likeness (QED) is 0.674. The van der Waals surface area contributed by atoms with Crippen LogP contribution in [0.1, 0.15) is 58.1 Å². The predicted molar refractivity (Wildman–Crippen MR) is 103 cm³/mol. The maximum absolute atomic E-state index is 12.4. The maximum atomic E-state index is 12.4. The summed E-state index contributed by atoms with van der Waals surface area (Å²) < 4.78 is 5.30. The van der Waals surface area contributed by atoms with Gasteiger partial charge < -0.3 is 4.74 Å². The molecule has 0 bridgehead atoms. The lowest BCUT2D eigenvalue weighted by atomic mass is 9.67. The Labute approximate surface area is 156 Å². The molecule has 1 aliphatic rings. The summed E-state index contributed by atoms with van der Waals surface area (Å²) in [5, 5.41) is 0. The van der Waals surface area contributed by atoms with Crippen LogP contribution in [0.5, 0.6) is 0 Å². The predicted octanol–water partition coefficient (Wildman–Crippen LogP) is 4.77. The minimum atomic E-state index is -0.241. The van der Waals surface area contributed by atoms with Crippen LogP contribution in [0.15, 0.2) is 36.7 Å². The fourth-order valence-corrected chi connectivity index (χ4v) is 4.26. The number of hydrogen-bond donors (Lipinski definition) is 0. The minimum absolute atomic E-state index is 0.126. The molecule has 0 aromatic carbocycles. The van der Waals surface area contributed by atoms with Gasteiger partial charge in [-0.25, -0.2) is 0 Å². The molecule has 2 heterocycles. The van der Waals surface area contributed by atoms with Gasteiger partial charge in [0, 0.05) is 17.8 Å². The fraction of sp³-hybridized carbons (Fsp3) is 0.500. The largest absolute Gasteiger partial charge is 0.466 e. The van der Waals surface area contributed by atoms with Crippen LogP contribution < -0.4 is 0 Å². The van der Waals surface area contributed by atoms with E-state index in [0.29, 0.717) is 18.9 Å². The number of hydrogen-bond acceptors (Lipinski definition) is 4. The summed E-state index contributed by atoms with van der Waals surface area (Å²) in [4.78, 5) is 21.7. The van der Waals surface area contributed by atoms with Crippen LogP contribution >= 0.6 is 0 Å². The highest BCUT2D eigenvalue weighted by Crippen LogP contribution is 2.53. The molecule has 0 fully saturated rings. The van der Waals surface area contributed by atoms with Crippen molar-refractivity contribution in [3.63, 3.8) is 0 Å². The van der Waals surface area contributed by atoms with Gasteiger partial charge in [0.15, 0.2) is 0 Å². The molecule has 4 heteroatoms. The van der Waals surface area contributed by atoms with Crippen molar-refractivity contribution in [3.8, 4) is 11.4 Å². The summed E-state index contributed by atoms with van der Waals surface area (Å²) in [5.41, 5.74) is 4.08. The van der Waals surface area contributed by atoms with E-state index in [2.05, 4.69) is 35.9 Å². The Hall–Kier alpha value is -2.23. The molecule has 0 amide bonds. The Balaban J connectivity index is 2.13. The van der Waals surface area contributed by atoms with E-state index in [1.54, 1.807) is 0 Å². The van der Waals surface area contributed by atoms with Gasteiger partial charge in [-0.15, -0.1) is 0 Å². The zero-order chi connectivity index (χ0) is 18.7. The number of nitrogens with zero attached hydrogens (tertiary/aromatic N) is 2. The molecule has 2 atom stereocenters. The van der Waals surface area contributed by atoms with Crippen LogP contribution in [0.2, 0.25) is 0 Å². The molecular weight excluding hydrogens is 324 g/mol. The smallest absolute Gasteiger partial charge is 0.308 e. The zero-order valence-corrected chi connectivity index (χ0v) is 16.2. The fourth-order valence-electron chi connectivity index (χ4n) is 4.26. The summed E-state index contributed by atoms with van der Waals surface area (Å²) in [7, 11) is 0. The summed E-state index contributed by atoms with van der Waals surface area (Å²) >= 11 is 0. The van der Waals surface area contributed by atoms with Gasteiger partial charge in [-0.05, 0) is 48.9 Å². The van der Waals surface area contributed by atoms with Gasteiger partial charge in [-0.1, -0.05) is 39.3 Å². The van der Waals surface area contributed by atoms with E-state index in [4.69, 9.17) is 4.74 Å². The highest BCUT2D eigenvalue weighted by atomic mass is 16.5. The van der Waals surface area contributed by atoms with Gasteiger partial charge in [-0.2, -0.15) is 0 Å². The number of aromatic nitrogens is 2. The van der Waals surface area contributed by atoms with Gasteiger partial charge >= 0.3 is 5.97 Å². The van der Waals surface area contributed by atoms with Crippen molar-refractivity contribution in [1.82, 2.24) is 9.97 Å². The number of pyridine rings is 2. The summed E-state index contributed by atoms with van der Waals surface area (Å²) in [5.74, 6) is 0.223. The Morgan fingerprint density at radius 1 is 1.04 bits per heavy atom. The SMILES string of the molecule is CCOC(=O)[C@@H](C)CC1(C[C@H](C)CC)c2cccnc2-c2ncccc21. The number of esters is 1. The molecule has 0 spiro atoms. The average Bonchev–Trinajstić information content (AvgIpc) is 2.92. The number of carbonyl (C=O) groups excluding carboxylic acids is 1. The van der Waals surface area contributed by atoms with Crippen LogP contribution in [0.4, 0.5) is 0 Å². The van der Waals surface area contributed by atoms with Gasteiger partial charge in [-0.3, -0.25) is 14.8 Å². The van der Waals surface area contributed by atoms with E-state index in [0.717, 1.165) is 24.2 Å². The van der Waals surface area contributed by atoms with Crippen molar-refractivity contribution in [2.75, 3.05) is 6.61 Å². The minimum Gasteiger partial charge on any atom is -0.466 e. The first kappa shape index (κ1) is 18.6. The van der Waals surface area contributed by atoms with Gasteiger partial charge in [0.2, 0.25) is 0 Å². The number of rotatable bonds is 7. The van der Waals surface area contributed by atoms with E-state index < -0.39 is 0 Å². The molecule has 0 unspecified atom stereocenters. The lowest BCUT2D eigenvalue weighted by Gasteiger charge is -2.35. The van der Waals surface area contributed by atoms with Crippen molar-refractivity contribution in [2.45, 2.75) is 52.4 Å². The number of carbonyl (C=O) groups is 1. The monoisotopic (exact) mass is 352 g/mol. The van der Waals surface area contributed by atoms with Crippen LogP contribution in [0.3, 0.4) is 0 Å². The normalized spacial score (nSPS) is 16.5. The van der Waals surface area contributed by atoms with E-state index >= 15 is 0 Å². The van der Waals surface area contributed by atoms with Crippen LogP contribution in [0.25, 0.3) is 11.4 Å². The third-order valence-electron chi connectivity index (χ3n) is 5.61. The van der Waals surface area contributed by atoms with Crippen molar-refractivity contribution in [3.05, 3.63) is 47.8 Å². The highest BCUT2D eigenvalue weighted by Gasteiger charge is 2.46. The lowest BCUT2D eigenvalue weighted by molar-refractivity contribution is -0.148. The average molecular weight is 352 g/mol. The molecule has 2 aromatic heterocycles. The Morgan fingerprint density at radius 3 is 2.12 bits per heavy atom.